The fraction of sp³-hybridized carbons (Fsp3) is 0.333. The second-order valence-electron chi connectivity index (χ2n) is 3.37. The van der Waals surface area contributed by atoms with E-state index in [-0.39, 0.29) is 11.4 Å². The van der Waals surface area contributed by atoms with Crippen LogP contribution in [-0.4, -0.2) is 16.1 Å². The number of anilines is 1. The Labute approximate surface area is 85.7 Å². The van der Waals surface area contributed by atoms with E-state index >= 15 is 0 Å². The summed E-state index contributed by atoms with van der Waals surface area (Å²) in [6, 6.07) is 1.37. The normalized spacial score (nSPS) is 15.5. The van der Waals surface area contributed by atoms with Crippen LogP contribution < -0.4 is 5.73 Å². The average Bonchev–Trinajstić information content (AvgIpc) is 2.91. The summed E-state index contributed by atoms with van der Waals surface area (Å²) in [4.78, 5) is 14.7. The average molecular weight is 213 g/mol. The first-order valence-corrected chi connectivity index (χ1v) is 4.66. The molecule has 1 aliphatic rings. The van der Waals surface area contributed by atoms with Gasteiger partial charge in [0.1, 0.15) is 11.4 Å². The molecule has 1 heterocycles. The van der Waals surface area contributed by atoms with Crippen molar-refractivity contribution in [1.82, 2.24) is 4.98 Å². The topological polar surface area (TPSA) is 76.2 Å². The number of carbonyl (C=O) groups is 1. The van der Waals surface area contributed by atoms with Crippen molar-refractivity contribution in [3.63, 3.8) is 0 Å². The number of nitrogen functional groups attached to an aromatic ring is 1. The van der Waals surface area contributed by atoms with E-state index in [0.717, 1.165) is 18.5 Å². The van der Waals surface area contributed by atoms with Gasteiger partial charge < -0.3 is 10.8 Å². The Balaban J connectivity index is 2.48. The molecule has 74 valence electrons. The van der Waals surface area contributed by atoms with Gasteiger partial charge in [-0.15, -0.1) is 0 Å². The minimum Gasteiger partial charge on any atom is -0.478 e. The highest BCUT2D eigenvalue weighted by molar-refractivity contribution is 6.31. The molecular weight excluding hydrogens is 204 g/mol. The number of carboxylic acid groups (broad SMARTS) is 1. The van der Waals surface area contributed by atoms with Crippen molar-refractivity contribution in [2.45, 2.75) is 18.8 Å². The predicted molar refractivity (Wildman–Crippen MR) is 52.6 cm³/mol. The summed E-state index contributed by atoms with van der Waals surface area (Å²) in [6.07, 6.45) is 2.11. The molecule has 0 unspecified atom stereocenters. The Morgan fingerprint density at radius 3 is 2.79 bits per heavy atom. The number of aromatic carboxylic acids is 1. The van der Waals surface area contributed by atoms with Crippen molar-refractivity contribution >= 4 is 23.4 Å². The van der Waals surface area contributed by atoms with Gasteiger partial charge in [0, 0.05) is 5.92 Å². The first-order chi connectivity index (χ1) is 6.59. The van der Waals surface area contributed by atoms with Gasteiger partial charge in [-0.1, -0.05) is 11.6 Å². The maximum atomic E-state index is 10.7. The number of hydrogen-bond donors (Lipinski definition) is 2. The minimum atomic E-state index is -1.10. The van der Waals surface area contributed by atoms with Crippen molar-refractivity contribution in [1.29, 1.82) is 0 Å². The Morgan fingerprint density at radius 1 is 1.64 bits per heavy atom. The molecule has 0 saturated heterocycles. The Bertz CT molecular complexity index is 402. The molecule has 14 heavy (non-hydrogen) atoms. The lowest BCUT2D eigenvalue weighted by molar-refractivity contribution is 0.0697. The molecule has 0 aliphatic heterocycles. The highest BCUT2D eigenvalue weighted by atomic mass is 35.5. The minimum absolute atomic E-state index is 0.0283. The van der Waals surface area contributed by atoms with Crippen LogP contribution in [0.4, 0.5) is 5.82 Å². The number of aromatic nitrogens is 1. The predicted octanol–water partition coefficient (Wildman–Crippen LogP) is 1.89. The number of rotatable bonds is 2. The molecule has 0 atom stereocenters. The number of halogens is 1. The molecule has 1 aromatic rings. The lowest BCUT2D eigenvalue weighted by atomic mass is 10.2. The number of hydrogen-bond acceptors (Lipinski definition) is 3. The van der Waals surface area contributed by atoms with Gasteiger partial charge in [0.25, 0.3) is 0 Å². The van der Waals surface area contributed by atoms with Gasteiger partial charge >= 0.3 is 5.97 Å². The summed E-state index contributed by atoms with van der Waals surface area (Å²) in [7, 11) is 0. The molecule has 1 aliphatic carbocycles. The number of nitrogens with two attached hydrogens (primary N) is 1. The fourth-order valence-corrected chi connectivity index (χ4v) is 1.64. The van der Waals surface area contributed by atoms with Crippen LogP contribution in [0.25, 0.3) is 0 Å². The van der Waals surface area contributed by atoms with E-state index in [4.69, 9.17) is 22.4 Å². The van der Waals surface area contributed by atoms with Gasteiger partial charge in [-0.25, -0.2) is 9.78 Å². The Morgan fingerprint density at radius 2 is 2.29 bits per heavy atom. The first-order valence-electron chi connectivity index (χ1n) is 4.29. The van der Waals surface area contributed by atoms with E-state index < -0.39 is 5.97 Å². The fourth-order valence-electron chi connectivity index (χ4n) is 1.33. The summed E-state index contributed by atoms with van der Waals surface area (Å²) in [6.45, 7) is 0. The van der Waals surface area contributed by atoms with E-state index in [1.165, 1.54) is 6.07 Å². The zero-order chi connectivity index (χ0) is 10.3. The van der Waals surface area contributed by atoms with Gasteiger partial charge in [0.15, 0.2) is 0 Å². The summed E-state index contributed by atoms with van der Waals surface area (Å²) < 4.78 is 0. The van der Waals surface area contributed by atoms with Gasteiger partial charge in [-0.05, 0) is 18.9 Å². The van der Waals surface area contributed by atoms with Crippen molar-refractivity contribution in [2.75, 3.05) is 5.73 Å². The van der Waals surface area contributed by atoms with Gasteiger partial charge in [0.05, 0.1) is 10.7 Å². The number of nitrogens with zero attached hydrogens (tertiary/aromatic N) is 1. The molecule has 4 nitrogen and oxygen atoms in total. The molecule has 0 aromatic carbocycles. The zero-order valence-electron chi connectivity index (χ0n) is 7.33. The molecular formula is C9H9ClN2O2. The molecule has 1 saturated carbocycles. The lowest BCUT2D eigenvalue weighted by Crippen LogP contribution is -2.06. The summed E-state index contributed by atoms with van der Waals surface area (Å²) in [5.41, 5.74) is 6.21. The molecule has 0 radical (unpaired) electrons. The van der Waals surface area contributed by atoms with Gasteiger partial charge in [-0.2, -0.15) is 0 Å². The van der Waals surface area contributed by atoms with Crippen LogP contribution in [-0.2, 0) is 0 Å². The SMILES string of the molecule is Nc1nc(C2CC2)c(Cl)cc1C(=O)O. The summed E-state index contributed by atoms with van der Waals surface area (Å²) >= 11 is 5.90. The van der Waals surface area contributed by atoms with Crippen LogP contribution in [0.2, 0.25) is 5.02 Å². The van der Waals surface area contributed by atoms with Crippen molar-refractivity contribution in [2.24, 2.45) is 0 Å². The summed E-state index contributed by atoms with van der Waals surface area (Å²) in [5.74, 6) is -0.685. The van der Waals surface area contributed by atoms with Gasteiger partial charge in [-0.3, -0.25) is 0 Å². The molecule has 1 aromatic heterocycles. The van der Waals surface area contributed by atoms with E-state index in [9.17, 15) is 4.79 Å². The lowest BCUT2D eigenvalue weighted by Gasteiger charge is -2.05. The molecule has 0 amide bonds. The number of pyridine rings is 1. The molecule has 0 bridgehead atoms. The third-order valence-electron chi connectivity index (χ3n) is 2.23. The van der Waals surface area contributed by atoms with E-state index in [0.29, 0.717) is 10.9 Å². The maximum Gasteiger partial charge on any atom is 0.339 e. The van der Waals surface area contributed by atoms with Crippen LogP contribution in [0.1, 0.15) is 34.8 Å². The highest BCUT2D eigenvalue weighted by Crippen LogP contribution is 2.42. The maximum absolute atomic E-state index is 10.7. The van der Waals surface area contributed by atoms with E-state index in [1.807, 2.05) is 0 Å². The van der Waals surface area contributed by atoms with Crippen molar-refractivity contribution in [3.8, 4) is 0 Å². The van der Waals surface area contributed by atoms with Crippen LogP contribution >= 0.6 is 11.6 Å². The standard InChI is InChI=1S/C9H9ClN2O2/c10-6-3-5(9(13)14)8(11)12-7(6)4-1-2-4/h3-4H,1-2H2,(H2,11,12)(H,13,14). The smallest absolute Gasteiger partial charge is 0.339 e. The highest BCUT2D eigenvalue weighted by Gasteiger charge is 2.28. The Kier molecular flexibility index (Phi) is 2.07. The largest absolute Gasteiger partial charge is 0.478 e. The molecule has 5 heteroatoms. The van der Waals surface area contributed by atoms with E-state index in [1.54, 1.807) is 0 Å². The van der Waals surface area contributed by atoms with Crippen molar-refractivity contribution < 1.29 is 9.90 Å². The molecule has 2 rings (SSSR count). The second-order valence-corrected chi connectivity index (χ2v) is 3.77. The van der Waals surface area contributed by atoms with Crippen LogP contribution in [0.15, 0.2) is 6.07 Å². The summed E-state index contributed by atoms with van der Waals surface area (Å²) in [5, 5.41) is 9.16. The zero-order valence-corrected chi connectivity index (χ0v) is 8.08. The van der Waals surface area contributed by atoms with Gasteiger partial charge in [0.2, 0.25) is 0 Å². The molecule has 1 fully saturated rings. The first kappa shape index (κ1) is 9.27. The monoisotopic (exact) mass is 212 g/mol. The second kappa shape index (κ2) is 3.13. The van der Waals surface area contributed by atoms with Crippen LogP contribution in [0, 0.1) is 0 Å². The van der Waals surface area contributed by atoms with E-state index in [2.05, 4.69) is 4.98 Å². The molecule has 3 N–H and O–H groups in total. The van der Waals surface area contributed by atoms with Crippen LogP contribution in [0.3, 0.4) is 0 Å². The van der Waals surface area contributed by atoms with Crippen molar-refractivity contribution in [3.05, 3.63) is 22.3 Å². The Hall–Kier alpha value is -1.29. The third kappa shape index (κ3) is 1.53. The third-order valence-corrected chi connectivity index (χ3v) is 2.53. The quantitative estimate of drug-likeness (QED) is 0.785. The number of carboxylic acids is 1. The molecule has 0 spiro atoms. The van der Waals surface area contributed by atoms with Crippen LogP contribution in [0.5, 0.6) is 0 Å².